The third-order valence-electron chi connectivity index (χ3n) is 6.51. The first-order valence-corrected chi connectivity index (χ1v) is 19.9. The van der Waals surface area contributed by atoms with E-state index in [1.54, 1.807) is 24.3 Å². The van der Waals surface area contributed by atoms with Gasteiger partial charge in [0.15, 0.2) is 23.0 Å². The fourth-order valence-electron chi connectivity index (χ4n) is 4.54. The molecule has 0 aromatic heterocycles. The van der Waals surface area contributed by atoms with E-state index in [1.165, 1.54) is 44.1 Å². The van der Waals surface area contributed by atoms with E-state index in [0.29, 0.717) is 11.1 Å². The van der Waals surface area contributed by atoms with Gasteiger partial charge in [0.2, 0.25) is 0 Å². The molecule has 0 heterocycles. The van der Waals surface area contributed by atoms with Gasteiger partial charge in [0, 0.05) is 5.56 Å². The van der Waals surface area contributed by atoms with Crippen LogP contribution < -0.4 is 26.8 Å². The van der Waals surface area contributed by atoms with Crippen molar-refractivity contribution < 1.29 is 52.0 Å². The van der Waals surface area contributed by atoms with Crippen molar-refractivity contribution >= 4 is 30.4 Å². The Morgan fingerprint density at radius 2 is 1.25 bits per heavy atom. The van der Waals surface area contributed by atoms with Crippen LogP contribution in [0.15, 0.2) is 71.8 Å². The van der Waals surface area contributed by atoms with Crippen LogP contribution in [0.2, 0.25) is 0 Å². The maximum Gasteiger partial charge on any atom is 0.306 e. The maximum atomic E-state index is 12.5. The highest BCUT2D eigenvalue weighted by atomic mass is 32.2. The Hall–Kier alpha value is -4.21. The topological polar surface area (TPSA) is 158 Å². The van der Waals surface area contributed by atoms with Gasteiger partial charge in [0.25, 0.3) is 0 Å². The van der Waals surface area contributed by atoms with Crippen LogP contribution in [0, 0.1) is 0 Å². The predicted molar refractivity (Wildman–Crippen MR) is 185 cm³/mol. The first-order valence-electron chi connectivity index (χ1n) is 14.4. The van der Waals surface area contributed by atoms with Gasteiger partial charge in [-0.1, -0.05) is 35.4 Å². The van der Waals surface area contributed by atoms with Gasteiger partial charge in [-0.25, -0.2) is 0 Å². The van der Waals surface area contributed by atoms with E-state index in [0.717, 1.165) is 37.2 Å². The number of allylic oxidation sites excluding steroid dienone is 3. The molecule has 12 nitrogen and oxygen atoms in total. The highest BCUT2D eigenvalue weighted by Crippen LogP contribution is 2.51. The zero-order chi connectivity index (χ0) is 35.9. The SMILES string of the molecule is COc1cc(-c2ccc(OS(C)(=O)=O)cc2)c(OC)c(OS(C)(=O)=O)c1-c1ccc(OCC=C(C)CCC=C(C)C)c(OS(C)(=O)=O)c1. The van der Waals surface area contributed by atoms with Crippen LogP contribution in [0.25, 0.3) is 22.3 Å². The van der Waals surface area contributed by atoms with E-state index in [9.17, 15) is 25.3 Å². The largest absolute Gasteiger partial charge is 0.496 e. The monoisotopic (exact) mass is 724 g/mol. The first-order chi connectivity index (χ1) is 22.3. The molecule has 48 heavy (non-hydrogen) atoms. The summed E-state index contributed by atoms with van der Waals surface area (Å²) in [5.41, 5.74) is 3.50. The second kappa shape index (κ2) is 15.8. The molecule has 3 aromatic rings. The summed E-state index contributed by atoms with van der Waals surface area (Å²) < 4.78 is 106. The normalized spacial score (nSPS) is 12.2. The minimum atomic E-state index is -4.15. The van der Waals surface area contributed by atoms with Gasteiger partial charge in [0.05, 0.1) is 38.6 Å². The summed E-state index contributed by atoms with van der Waals surface area (Å²) in [7, 11) is -9.26. The van der Waals surface area contributed by atoms with Gasteiger partial charge in [-0.2, -0.15) is 25.3 Å². The van der Waals surface area contributed by atoms with Gasteiger partial charge in [-0.15, -0.1) is 0 Å². The average Bonchev–Trinajstić information content (AvgIpc) is 2.95. The lowest BCUT2D eigenvalue weighted by atomic mass is 9.96. The van der Waals surface area contributed by atoms with Crippen LogP contribution in [-0.2, 0) is 30.4 Å². The summed E-state index contributed by atoms with van der Waals surface area (Å²) in [5.74, 6) is -0.0850. The molecule has 0 fully saturated rings. The van der Waals surface area contributed by atoms with Crippen LogP contribution >= 0.6 is 0 Å². The first kappa shape index (κ1) is 38.2. The van der Waals surface area contributed by atoms with E-state index < -0.39 is 30.4 Å². The minimum Gasteiger partial charge on any atom is -0.496 e. The molecule has 0 amide bonds. The lowest BCUT2D eigenvalue weighted by Gasteiger charge is -2.21. The third-order valence-corrected chi connectivity index (χ3v) is 7.95. The Morgan fingerprint density at radius 3 is 1.79 bits per heavy atom. The smallest absolute Gasteiger partial charge is 0.306 e. The van der Waals surface area contributed by atoms with Crippen molar-refractivity contribution in [1.29, 1.82) is 0 Å². The van der Waals surface area contributed by atoms with Crippen LogP contribution in [0.5, 0.6) is 34.5 Å². The third kappa shape index (κ3) is 11.5. The molecule has 0 unspecified atom stereocenters. The van der Waals surface area contributed by atoms with Crippen molar-refractivity contribution in [3.63, 3.8) is 0 Å². The van der Waals surface area contributed by atoms with E-state index in [2.05, 4.69) is 6.08 Å². The highest BCUT2D eigenvalue weighted by molar-refractivity contribution is 7.86. The molecule has 0 spiro atoms. The van der Waals surface area contributed by atoms with E-state index >= 15 is 0 Å². The molecule has 0 bridgehead atoms. The molecule has 0 saturated carbocycles. The van der Waals surface area contributed by atoms with Crippen LogP contribution in [0.1, 0.15) is 33.6 Å². The summed E-state index contributed by atoms with van der Waals surface area (Å²) in [6.45, 7) is 6.18. The molecule has 3 aromatic carbocycles. The van der Waals surface area contributed by atoms with Crippen molar-refractivity contribution in [2.24, 2.45) is 0 Å². The highest BCUT2D eigenvalue weighted by Gasteiger charge is 2.27. The summed E-state index contributed by atoms with van der Waals surface area (Å²) in [4.78, 5) is 0. The lowest BCUT2D eigenvalue weighted by molar-refractivity contribution is 0.347. The van der Waals surface area contributed by atoms with E-state index in [1.807, 2.05) is 26.8 Å². The lowest BCUT2D eigenvalue weighted by Crippen LogP contribution is -2.10. The standard InChI is InChI=1S/C33H40O12S3/c1-22(2)10-9-11-23(3)18-19-42-28-17-14-25(20-29(28)44-47(7,36)37)31-30(40-4)21-27(32(41-5)33(31)45-48(8,38)39)24-12-15-26(16-13-24)43-46(6,34)35/h10,12-18,20-21H,9,11,19H2,1-8H3. The van der Waals surface area contributed by atoms with Gasteiger partial charge in [-0.05, 0) is 81.1 Å². The van der Waals surface area contributed by atoms with Gasteiger partial charge < -0.3 is 26.8 Å². The average molecular weight is 725 g/mol. The number of rotatable bonds is 16. The van der Waals surface area contributed by atoms with Crippen molar-refractivity contribution in [3.05, 3.63) is 71.8 Å². The number of hydrogen-bond acceptors (Lipinski definition) is 12. The molecule has 15 heteroatoms. The number of benzene rings is 3. The molecule has 0 aliphatic rings. The summed E-state index contributed by atoms with van der Waals surface area (Å²) in [6.07, 6.45) is 8.41. The molecule has 0 atom stereocenters. The van der Waals surface area contributed by atoms with Gasteiger partial charge in [0.1, 0.15) is 18.1 Å². The zero-order valence-corrected chi connectivity index (χ0v) is 30.5. The minimum absolute atomic E-state index is 0.00682. The molecule has 0 saturated heterocycles. The molecular weight excluding hydrogens is 685 g/mol. The molecule has 0 radical (unpaired) electrons. The van der Waals surface area contributed by atoms with Crippen molar-refractivity contribution in [1.82, 2.24) is 0 Å². The zero-order valence-electron chi connectivity index (χ0n) is 28.0. The molecule has 0 N–H and O–H groups in total. The number of ether oxygens (including phenoxy) is 3. The second-order valence-electron chi connectivity index (χ2n) is 11.1. The van der Waals surface area contributed by atoms with Gasteiger partial charge >= 0.3 is 30.4 Å². The Labute approximate surface area is 283 Å². The van der Waals surface area contributed by atoms with Crippen LogP contribution in [-0.4, -0.2) is 64.8 Å². The van der Waals surface area contributed by atoms with Crippen molar-refractivity contribution in [2.75, 3.05) is 39.6 Å². The Bertz CT molecular complexity index is 2010. The molecule has 0 aliphatic heterocycles. The fourth-order valence-corrected chi connectivity index (χ4v) is 5.92. The molecule has 3 rings (SSSR count). The fraction of sp³-hybridized carbons (Fsp3) is 0.333. The van der Waals surface area contributed by atoms with Gasteiger partial charge in [-0.3, -0.25) is 0 Å². The molecule has 0 aliphatic carbocycles. The second-order valence-corrected chi connectivity index (χ2v) is 15.8. The number of hydrogen-bond donors (Lipinski definition) is 0. The Kier molecular flexibility index (Phi) is 12.6. The Balaban J connectivity index is 2.18. The molecule has 262 valence electrons. The van der Waals surface area contributed by atoms with Crippen molar-refractivity contribution in [3.8, 4) is 56.8 Å². The summed E-state index contributed by atoms with van der Waals surface area (Å²) in [5, 5.41) is 0. The van der Waals surface area contributed by atoms with Crippen molar-refractivity contribution in [2.45, 2.75) is 33.6 Å². The van der Waals surface area contributed by atoms with Crippen LogP contribution in [0.3, 0.4) is 0 Å². The summed E-state index contributed by atoms with van der Waals surface area (Å²) >= 11 is 0. The number of methoxy groups -OCH3 is 2. The quantitative estimate of drug-likeness (QED) is 0.123. The predicted octanol–water partition coefficient (Wildman–Crippen LogP) is 6.12. The van der Waals surface area contributed by atoms with E-state index in [-0.39, 0.29) is 52.2 Å². The van der Waals surface area contributed by atoms with E-state index in [4.69, 9.17) is 26.8 Å². The Morgan fingerprint density at radius 1 is 0.646 bits per heavy atom. The summed E-state index contributed by atoms with van der Waals surface area (Å²) in [6, 6.07) is 11.9. The van der Waals surface area contributed by atoms with Crippen LogP contribution in [0.4, 0.5) is 0 Å². The maximum absolute atomic E-state index is 12.5. The molecular formula is C33H40O12S3.